The molecule has 0 bridgehead atoms. The Morgan fingerprint density at radius 2 is 1.66 bits per heavy atom. The minimum absolute atomic E-state index is 0.107. The number of nitrogens with zero attached hydrogens (tertiary/aromatic N) is 3. The van der Waals surface area contributed by atoms with E-state index < -0.39 is 0 Å². The number of aromatic nitrogens is 4. The average Bonchev–Trinajstić information content (AvgIpc) is 3.34. The number of aryl methyl sites for hydroxylation is 1. The molecule has 7 nitrogen and oxygen atoms in total. The number of H-pyrrole nitrogens is 1. The van der Waals surface area contributed by atoms with E-state index in [0.29, 0.717) is 18.5 Å². The van der Waals surface area contributed by atoms with Gasteiger partial charge in [-0.2, -0.15) is 5.10 Å². The Morgan fingerprint density at radius 3 is 2.38 bits per heavy atom. The molecule has 1 amide bonds. The number of amides is 1. The Hall–Kier alpha value is -3.22. The van der Waals surface area contributed by atoms with Gasteiger partial charge in [-0.15, -0.1) is 0 Å². The highest BCUT2D eigenvalue weighted by Gasteiger charge is 2.03. The molecule has 0 unspecified atom stereocenters. The molecule has 0 aliphatic carbocycles. The molecule has 3 rings (SSSR count). The lowest BCUT2D eigenvalue weighted by Crippen LogP contribution is -2.22. The number of rotatable bonds is 14. The maximum Gasteiger partial charge on any atom is 0.220 e. The normalized spacial score (nSPS) is 10.9. The second kappa shape index (κ2) is 13.2. The lowest BCUT2D eigenvalue weighted by molar-refractivity contribution is -0.121. The van der Waals surface area contributed by atoms with Gasteiger partial charge in [0.2, 0.25) is 5.91 Å². The molecule has 0 aliphatic heterocycles. The van der Waals surface area contributed by atoms with Crippen molar-refractivity contribution in [3.63, 3.8) is 0 Å². The van der Waals surface area contributed by atoms with E-state index in [-0.39, 0.29) is 5.91 Å². The molecule has 1 aromatic carbocycles. The summed E-state index contributed by atoms with van der Waals surface area (Å²) in [6, 6.07) is 13.8. The SMILES string of the molecule is N=c1ccc(-c2ccccc2)nn1CCCCCCCCCCC(=O)NCc1cnc[nH]1. The van der Waals surface area contributed by atoms with E-state index in [2.05, 4.69) is 20.4 Å². The van der Waals surface area contributed by atoms with Gasteiger partial charge in [-0.3, -0.25) is 10.2 Å². The smallest absolute Gasteiger partial charge is 0.220 e. The molecule has 7 heteroatoms. The molecule has 170 valence electrons. The number of carbonyl (C=O) groups excluding carboxylic acids is 1. The van der Waals surface area contributed by atoms with Gasteiger partial charge in [0.05, 0.1) is 24.3 Å². The largest absolute Gasteiger partial charge is 0.350 e. The summed E-state index contributed by atoms with van der Waals surface area (Å²) < 4.78 is 1.81. The Balaban J connectivity index is 1.21. The summed E-state index contributed by atoms with van der Waals surface area (Å²) in [4.78, 5) is 18.7. The molecule has 2 heterocycles. The second-order valence-electron chi connectivity index (χ2n) is 8.12. The zero-order chi connectivity index (χ0) is 22.4. The highest BCUT2D eigenvalue weighted by atomic mass is 16.1. The zero-order valence-corrected chi connectivity index (χ0v) is 18.7. The topological polar surface area (TPSA) is 99.4 Å². The highest BCUT2D eigenvalue weighted by molar-refractivity contribution is 5.75. The summed E-state index contributed by atoms with van der Waals surface area (Å²) in [5.41, 5.74) is 3.38. The lowest BCUT2D eigenvalue weighted by atomic mass is 10.1. The Labute approximate surface area is 189 Å². The molecule has 0 radical (unpaired) electrons. The predicted molar refractivity (Wildman–Crippen MR) is 126 cm³/mol. The molecule has 3 N–H and O–H groups in total. The van der Waals surface area contributed by atoms with Gasteiger partial charge in [0.15, 0.2) is 0 Å². The van der Waals surface area contributed by atoms with Gasteiger partial charge in [0.1, 0.15) is 5.49 Å². The highest BCUT2D eigenvalue weighted by Crippen LogP contribution is 2.14. The number of hydrogen-bond donors (Lipinski definition) is 3. The molecular formula is C25H34N6O. The van der Waals surface area contributed by atoms with E-state index in [1.54, 1.807) is 17.2 Å². The van der Waals surface area contributed by atoms with Crippen molar-refractivity contribution in [3.8, 4) is 11.3 Å². The Morgan fingerprint density at radius 1 is 0.938 bits per heavy atom. The summed E-state index contributed by atoms with van der Waals surface area (Å²) in [6.45, 7) is 1.30. The molecule has 0 spiro atoms. The van der Waals surface area contributed by atoms with E-state index >= 15 is 0 Å². The van der Waals surface area contributed by atoms with E-state index in [1.807, 2.05) is 42.5 Å². The minimum Gasteiger partial charge on any atom is -0.350 e. The van der Waals surface area contributed by atoms with Crippen LogP contribution in [0.25, 0.3) is 11.3 Å². The summed E-state index contributed by atoms with van der Waals surface area (Å²) in [6.07, 6.45) is 13.0. The van der Waals surface area contributed by atoms with Crippen molar-refractivity contribution in [1.82, 2.24) is 25.1 Å². The van der Waals surface area contributed by atoms with Crippen LogP contribution in [0.3, 0.4) is 0 Å². The third-order valence-electron chi connectivity index (χ3n) is 5.53. The lowest BCUT2D eigenvalue weighted by Gasteiger charge is -2.08. The van der Waals surface area contributed by atoms with Crippen LogP contribution < -0.4 is 10.8 Å². The monoisotopic (exact) mass is 434 g/mol. The molecule has 0 fully saturated rings. The van der Waals surface area contributed by atoms with Crippen LogP contribution in [0, 0.1) is 5.41 Å². The Kier molecular flexibility index (Phi) is 9.71. The first kappa shape index (κ1) is 23.4. The average molecular weight is 435 g/mol. The Bertz CT molecular complexity index is 981. The van der Waals surface area contributed by atoms with Crippen molar-refractivity contribution >= 4 is 5.91 Å². The van der Waals surface area contributed by atoms with Crippen LogP contribution in [0.15, 0.2) is 55.0 Å². The standard InChI is InChI=1S/C25H34N6O/c26-24-16-15-23(21-12-8-7-9-13-21)30-31(24)17-11-6-4-2-1-3-5-10-14-25(32)28-19-22-18-27-20-29-22/h7-9,12-13,15-16,18,20,26H,1-6,10-11,14,17,19H2,(H,27,29)(H,28,32). The molecule has 32 heavy (non-hydrogen) atoms. The van der Waals surface area contributed by atoms with Crippen molar-refractivity contribution in [2.24, 2.45) is 0 Å². The maximum absolute atomic E-state index is 11.8. The van der Waals surface area contributed by atoms with Crippen LogP contribution >= 0.6 is 0 Å². The third-order valence-corrected chi connectivity index (χ3v) is 5.53. The number of imidazole rings is 1. The summed E-state index contributed by atoms with van der Waals surface area (Å²) in [5.74, 6) is 0.107. The molecule has 2 aromatic heterocycles. The number of aromatic amines is 1. The molecule has 0 saturated carbocycles. The van der Waals surface area contributed by atoms with Gasteiger partial charge in [-0.05, 0) is 25.0 Å². The van der Waals surface area contributed by atoms with Gasteiger partial charge in [0.25, 0.3) is 0 Å². The van der Waals surface area contributed by atoms with Crippen LogP contribution in [0.4, 0.5) is 0 Å². The van der Waals surface area contributed by atoms with E-state index in [9.17, 15) is 4.79 Å². The summed E-state index contributed by atoms with van der Waals surface area (Å²) in [5, 5.41) is 15.7. The quantitative estimate of drug-likeness (QED) is 0.324. The van der Waals surface area contributed by atoms with Crippen molar-refractivity contribution in [2.45, 2.75) is 70.9 Å². The van der Waals surface area contributed by atoms with E-state index in [0.717, 1.165) is 49.2 Å². The number of nitrogens with one attached hydrogen (secondary N) is 3. The van der Waals surface area contributed by atoms with Crippen LogP contribution in [0.1, 0.15) is 63.5 Å². The van der Waals surface area contributed by atoms with Crippen molar-refractivity contribution in [2.75, 3.05) is 0 Å². The first-order valence-electron chi connectivity index (χ1n) is 11.6. The molecule has 0 saturated heterocycles. The zero-order valence-electron chi connectivity index (χ0n) is 18.7. The van der Waals surface area contributed by atoms with Crippen LogP contribution in [0.2, 0.25) is 0 Å². The first-order valence-corrected chi connectivity index (χ1v) is 11.6. The van der Waals surface area contributed by atoms with E-state index in [1.165, 1.54) is 25.7 Å². The second-order valence-corrected chi connectivity index (χ2v) is 8.12. The molecule has 3 aromatic rings. The summed E-state index contributed by atoms with van der Waals surface area (Å²) in [7, 11) is 0. The number of carbonyl (C=O) groups is 1. The summed E-state index contributed by atoms with van der Waals surface area (Å²) >= 11 is 0. The number of unbranched alkanes of at least 4 members (excludes halogenated alkanes) is 7. The van der Waals surface area contributed by atoms with Gasteiger partial charge in [-0.25, -0.2) is 9.67 Å². The molecule has 0 aliphatic rings. The third kappa shape index (κ3) is 8.13. The van der Waals surface area contributed by atoms with Gasteiger partial charge < -0.3 is 10.3 Å². The number of benzene rings is 1. The molecular weight excluding hydrogens is 400 g/mol. The first-order chi connectivity index (χ1) is 15.7. The minimum atomic E-state index is 0.107. The fourth-order valence-corrected chi connectivity index (χ4v) is 3.67. The number of hydrogen-bond acceptors (Lipinski definition) is 4. The van der Waals surface area contributed by atoms with Crippen LogP contribution in [-0.4, -0.2) is 25.7 Å². The predicted octanol–water partition coefficient (Wildman–Crippen LogP) is 4.58. The fourth-order valence-electron chi connectivity index (χ4n) is 3.67. The van der Waals surface area contributed by atoms with Gasteiger partial charge in [-0.1, -0.05) is 68.9 Å². The van der Waals surface area contributed by atoms with Gasteiger partial charge >= 0.3 is 0 Å². The van der Waals surface area contributed by atoms with Crippen LogP contribution in [0.5, 0.6) is 0 Å². The maximum atomic E-state index is 11.8. The van der Waals surface area contributed by atoms with Crippen molar-refractivity contribution in [3.05, 3.63) is 66.2 Å². The molecule has 0 atom stereocenters. The van der Waals surface area contributed by atoms with Crippen molar-refractivity contribution in [1.29, 1.82) is 5.41 Å². The van der Waals surface area contributed by atoms with Crippen molar-refractivity contribution < 1.29 is 4.79 Å². The fraction of sp³-hybridized carbons (Fsp3) is 0.440. The van der Waals surface area contributed by atoms with Crippen LogP contribution in [-0.2, 0) is 17.9 Å². The van der Waals surface area contributed by atoms with Gasteiger partial charge in [0, 0.05) is 24.7 Å². The van der Waals surface area contributed by atoms with E-state index in [4.69, 9.17) is 5.41 Å².